The number of para-hydroxylation sites is 1. The summed E-state index contributed by atoms with van der Waals surface area (Å²) in [5, 5.41) is 5.27. The van der Waals surface area contributed by atoms with Gasteiger partial charge in [-0.3, -0.25) is 4.79 Å². The van der Waals surface area contributed by atoms with E-state index in [0.717, 1.165) is 30.9 Å². The van der Waals surface area contributed by atoms with E-state index in [2.05, 4.69) is 39.3 Å². The fourth-order valence-electron chi connectivity index (χ4n) is 2.79. The average Bonchev–Trinajstić information content (AvgIpc) is 2.73. The van der Waals surface area contributed by atoms with Crippen LogP contribution < -0.4 is 15.5 Å². The van der Waals surface area contributed by atoms with Gasteiger partial charge in [0, 0.05) is 24.5 Å². The number of amides is 1. The molecule has 29 heavy (non-hydrogen) atoms. The Balaban J connectivity index is 1.66. The minimum atomic E-state index is -0.748. The van der Waals surface area contributed by atoms with Crippen molar-refractivity contribution in [3.05, 3.63) is 72.2 Å². The number of hydrogen-bond acceptors (Lipinski definition) is 5. The number of benzene rings is 2. The number of carbonyl (C=O) groups excluding carboxylic acids is 1. The topological polar surface area (TPSA) is 70.2 Å². The van der Waals surface area contributed by atoms with Gasteiger partial charge in [-0.2, -0.15) is 0 Å². The van der Waals surface area contributed by atoms with Crippen LogP contribution in [0.25, 0.3) is 0 Å². The van der Waals surface area contributed by atoms with E-state index in [1.807, 2.05) is 24.3 Å². The molecule has 3 aromatic rings. The Kier molecular flexibility index (Phi) is 6.33. The Hall–Kier alpha value is -3.55. The fraction of sp³-hybridized carbons (Fsp3) is 0.190. The Morgan fingerprint density at radius 3 is 2.17 bits per heavy atom. The van der Waals surface area contributed by atoms with Crippen LogP contribution in [-0.2, 0) is 0 Å². The Bertz CT molecular complexity index is 953. The summed E-state index contributed by atoms with van der Waals surface area (Å²) in [5.41, 5.74) is 1.46. The number of aromatic nitrogens is 2. The molecule has 0 saturated carbocycles. The maximum absolute atomic E-state index is 13.7. The third-order valence-electron chi connectivity index (χ3n) is 4.35. The quantitative estimate of drug-likeness (QED) is 0.610. The monoisotopic (exact) mass is 397 g/mol. The number of carbonyl (C=O) groups is 1. The van der Waals surface area contributed by atoms with Crippen molar-refractivity contribution in [1.82, 2.24) is 9.97 Å². The molecule has 1 heterocycles. The highest BCUT2D eigenvalue weighted by Gasteiger charge is 2.12. The molecule has 0 aliphatic heterocycles. The van der Waals surface area contributed by atoms with Gasteiger partial charge < -0.3 is 15.5 Å². The lowest BCUT2D eigenvalue weighted by molar-refractivity contribution is 0.102. The molecule has 0 atom stereocenters. The van der Waals surface area contributed by atoms with E-state index < -0.39 is 17.5 Å². The number of rotatable bonds is 7. The number of nitrogens with one attached hydrogen (secondary N) is 2. The molecule has 2 aromatic carbocycles. The molecule has 1 aromatic heterocycles. The highest BCUT2D eigenvalue weighted by Crippen LogP contribution is 2.22. The van der Waals surface area contributed by atoms with Crippen LogP contribution in [0.2, 0.25) is 0 Å². The highest BCUT2D eigenvalue weighted by molar-refractivity contribution is 6.02. The van der Waals surface area contributed by atoms with Crippen molar-refractivity contribution in [2.24, 2.45) is 0 Å². The van der Waals surface area contributed by atoms with Crippen LogP contribution in [-0.4, -0.2) is 29.0 Å². The second-order valence-electron chi connectivity index (χ2n) is 6.18. The van der Waals surface area contributed by atoms with Gasteiger partial charge in [0.25, 0.3) is 5.91 Å². The third-order valence-corrected chi connectivity index (χ3v) is 4.35. The second-order valence-corrected chi connectivity index (χ2v) is 6.18. The molecule has 3 rings (SSSR count). The predicted octanol–water partition coefficient (Wildman–Crippen LogP) is 4.60. The molecule has 0 saturated heterocycles. The summed E-state index contributed by atoms with van der Waals surface area (Å²) in [6.45, 7) is 5.96. The molecule has 0 fully saturated rings. The zero-order chi connectivity index (χ0) is 20.8. The Labute approximate surface area is 167 Å². The lowest BCUT2D eigenvalue weighted by Gasteiger charge is -2.21. The van der Waals surface area contributed by atoms with E-state index in [-0.39, 0.29) is 17.2 Å². The molecule has 0 unspecified atom stereocenters. The lowest BCUT2D eigenvalue weighted by atomic mass is 10.2. The largest absolute Gasteiger partial charge is 0.372 e. The van der Waals surface area contributed by atoms with E-state index in [1.54, 1.807) is 0 Å². The van der Waals surface area contributed by atoms with Crippen molar-refractivity contribution in [3.8, 4) is 0 Å². The first kappa shape index (κ1) is 20.2. The fourth-order valence-corrected chi connectivity index (χ4v) is 2.79. The van der Waals surface area contributed by atoms with Gasteiger partial charge in [-0.25, -0.2) is 18.7 Å². The van der Waals surface area contributed by atoms with Crippen molar-refractivity contribution in [3.63, 3.8) is 0 Å². The summed E-state index contributed by atoms with van der Waals surface area (Å²) >= 11 is 0. The summed E-state index contributed by atoms with van der Waals surface area (Å²) in [6, 6.07) is 11.0. The zero-order valence-corrected chi connectivity index (χ0v) is 16.1. The van der Waals surface area contributed by atoms with Gasteiger partial charge in [0.05, 0.1) is 12.4 Å². The molecule has 0 aliphatic rings. The van der Waals surface area contributed by atoms with Gasteiger partial charge in [-0.15, -0.1) is 0 Å². The van der Waals surface area contributed by atoms with Crippen molar-refractivity contribution in [2.45, 2.75) is 13.8 Å². The van der Waals surface area contributed by atoms with Crippen LogP contribution in [0.3, 0.4) is 0 Å². The minimum Gasteiger partial charge on any atom is -0.372 e. The van der Waals surface area contributed by atoms with Crippen LogP contribution in [0.5, 0.6) is 0 Å². The number of anilines is 4. The molecule has 0 radical (unpaired) electrons. The van der Waals surface area contributed by atoms with Gasteiger partial charge in [-0.1, -0.05) is 6.07 Å². The molecule has 8 heteroatoms. The molecule has 1 amide bonds. The molecule has 0 bridgehead atoms. The first-order valence-corrected chi connectivity index (χ1v) is 9.21. The van der Waals surface area contributed by atoms with Crippen molar-refractivity contribution in [1.29, 1.82) is 0 Å². The average molecular weight is 397 g/mol. The van der Waals surface area contributed by atoms with Crippen LogP contribution in [0.15, 0.2) is 54.9 Å². The number of halogens is 2. The second kappa shape index (κ2) is 9.09. The standard InChI is InChI=1S/C21H21F2N5O/c1-3-28(4-2)15-10-8-14(9-11-15)26-21(29)18-12-25-19(13-24-18)27-20-16(22)6-5-7-17(20)23/h5-13H,3-4H2,1-2H3,(H,25,27)(H,26,29). The van der Waals surface area contributed by atoms with Crippen molar-refractivity contribution in [2.75, 3.05) is 28.6 Å². The lowest BCUT2D eigenvalue weighted by Crippen LogP contribution is -2.21. The van der Waals surface area contributed by atoms with Crippen LogP contribution in [0.4, 0.5) is 31.7 Å². The van der Waals surface area contributed by atoms with E-state index >= 15 is 0 Å². The first-order valence-electron chi connectivity index (χ1n) is 9.21. The normalized spacial score (nSPS) is 10.5. The van der Waals surface area contributed by atoms with Gasteiger partial charge >= 0.3 is 0 Å². The maximum atomic E-state index is 13.7. The highest BCUT2D eigenvalue weighted by atomic mass is 19.1. The minimum absolute atomic E-state index is 0.0809. The van der Waals surface area contributed by atoms with E-state index in [0.29, 0.717) is 5.69 Å². The smallest absolute Gasteiger partial charge is 0.275 e. The van der Waals surface area contributed by atoms with Gasteiger partial charge in [-0.05, 0) is 50.2 Å². The van der Waals surface area contributed by atoms with Crippen LogP contribution >= 0.6 is 0 Å². The van der Waals surface area contributed by atoms with Gasteiger partial charge in [0.1, 0.15) is 28.8 Å². The summed E-state index contributed by atoms with van der Waals surface area (Å²) in [5.74, 6) is -1.81. The molecule has 150 valence electrons. The zero-order valence-electron chi connectivity index (χ0n) is 16.1. The molecule has 2 N–H and O–H groups in total. The van der Waals surface area contributed by atoms with Gasteiger partial charge in [0.15, 0.2) is 0 Å². The number of hydrogen-bond donors (Lipinski definition) is 2. The van der Waals surface area contributed by atoms with Crippen LogP contribution in [0.1, 0.15) is 24.3 Å². The van der Waals surface area contributed by atoms with Gasteiger partial charge in [0.2, 0.25) is 0 Å². The SMILES string of the molecule is CCN(CC)c1ccc(NC(=O)c2cnc(Nc3c(F)cccc3F)cn2)cc1. The van der Waals surface area contributed by atoms with E-state index in [1.165, 1.54) is 18.5 Å². The Morgan fingerprint density at radius 2 is 1.62 bits per heavy atom. The van der Waals surface area contributed by atoms with Crippen LogP contribution in [0, 0.1) is 11.6 Å². The van der Waals surface area contributed by atoms with E-state index in [4.69, 9.17) is 0 Å². The maximum Gasteiger partial charge on any atom is 0.275 e. The summed E-state index contributed by atoms with van der Waals surface area (Å²) in [6.07, 6.45) is 2.48. The number of nitrogens with zero attached hydrogens (tertiary/aromatic N) is 3. The summed E-state index contributed by atoms with van der Waals surface area (Å²) < 4.78 is 27.4. The molecular formula is C21H21F2N5O. The summed E-state index contributed by atoms with van der Waals surface area (Å²) in [4.78, 5) is 22.6. The van der Waals surface area contributed by atoms with Crippen molar-refractivity contribution >= 4 is 28.8 Å². The molecule has 0 spiro atoms. The summed E-state index contributed by atoms with van der Waals surface area (Å²) in [7, 11) is 0. The first-order chi connectivity index (χ1) is 14.0. The molecule has 0 aliphatic carbocycles. The van der Waals surface area contributed by atoms with E-state index in [9.17, 15) is 13.6 Å². The Morgan fingerprint density at radius 1 is 0.966 bits per heavy atom. The predicted molar refractivity (Wildman–Crippen MR) is 110 cm³/mol. The molecular weight excluding hydrogens is 376 g/mol. The molecule has 6 nitrogen and oxygen atoms in total. The third kappa shape index (κ3) is 4.84. The van der Waals surface area contributed by atoms with Crippen molar-refractivity contribution < 1.29 is 13.6 Å².